The molecule has 1 atom stereocenters. The summed E-state index contributed by atoms with van der Waals surface area (Å²) in [6.45, 7) is 1.51. The van der Waals surface area contributed by atoms with Crippen molar-refractivity contribution in [3.05, 3.63) is 35.4 Å². The van der Waals surface area contributed by atoms with E-state index in [-0.39, 0.29) is 23.8 Å². The van der Waals surface area contributed by atoms with Gasteiger partial charge in [0.1, 0.15) is 0 Å². The SMILES string of the molecule is O=C(CNC(=O)c1cccc(C(F)(F)F)c1)CC1CCNC1. The molecule has 2 N–H and O–H groups in total. The number of benzene rings is 1. The van der Waals surface area contributed by atoms with Crippen LogP contribution in [0.1, 0.15) is 28.8 Å². The van der Waals surface area contributed by atoms with Crippen molar-refractivity contribution in [3.63, 3.8) is 0 Å². The number of carbonyl (C=O) groups excluding carboxylic acids is 2. The van der Waals surface area contributed by atoms with Gasteiger partial charge in [-0.2, -0.15) is 13.2 Å². The summed E-state index contributed by atoms with van der Waals surface area (Å²) < 4.78 is 37.7. The summed E-state index contributed by atoms with van der Waals surface area (Å²) in [6, 6.07) is 4.13. The smallest absolute Gasteiger partial charge is 0.345 e. The molecule has 1 heterocycles. The lowest BCUT2D eigenvalue weighted by molar-refractivity contribution is -0.137. The van der Waals surface area contributed by atoms with Gasteiger partial charge in [0.15, 0.2) is 5.78 Å². The molecule has 0 aliphatic carbocycles. The molecule has 22 heavy (non-hydrogen) atoms. The average molecular weight is 314 g/mol. The third-order valence-electron chi connectivity index (χ3n) is 3.58. The van der Waals surface area contributed by atoms with Crippen LogP contribution in [0.15, 0.2) is 24.3 Å². The molecule has 0 aromatic heterocycles. The number of hydrogen-bond donors (Lipinski definition) is 2. The molecule has 1 saturated heterocycles. The van der Waals surface area contributed by atoms with Gasteiger partial charge in [-0.25, -0.2) is 0 Å². The highest BCUT2D eigenvalue weighted by Crippen LogP contribution is 2.29. The first-order valence-electron chi connectivity index (χ1n) is 7.04. The van der Waals surface area contributed by atoms with Crippen LogP contribution >= 0.6 is 0 Å². The first-order chi connectivity index (χ1) is 10.4. The molecule has 1 unspecified atom stereocenters. The number of Topliss-reactive ketones (excluding diaryl/α,β-unsaturated/α-hetero) is 1. The molecule has 4 nitrogen and oxygen atoms in total. The molecule has 0 spiro atoms. The fourth-order valence-electron chi connectivity index (χ4n) is 2.40. The quantitative estimate of drug-likeness (QED) is 0.874. The molecular formula is C15H17F3N2O2. The molecule has 2 rings (SSSR count). The summed E-state index contributed by atoms with van der Waals surface area (Å²) in [4.78, 5) is 23.6. The van der Waals surface area contributed by atoms with E-state index < -0.39 is 17.6 Å². The normalized spacial score (nSPS) is 18.2. The van der Waals surface area contributed by atoms with E-state index >= 15 is 0 Å². The van der Waals surface area contributed by atoms with E-state index in [0.717, 1.165) is 31.6 Å². The van der Waals surface area contributed by atoms with E-state index in [0.29, 0.717) is 6.42 Å². The fourth-order valence-corrected chi connectivity index (χ4v) is 2.40. The summed E-state index contributed by atoms with van der Waals surface area (Å²) in [5, 5.41) is 5.52. The lowest BCUT2D eigenvalue weighted by Crippen LogP contribution is -2.30. The Balaban J connectivity index is 1.88. The lowest BCUT2D eigenvalue weighted by atomic mass is 10.0. The van der Waals surface area contributed by atoms with Crippen LogP contribution in [0, 0.1) is 5.92 Å². The number of hydrogen-bond acceptors (Lipinski definition) is 3. The Morgan fingerprint density at radius 2 is 2.09 bits per heavy atom. The van der Waals surface area contributed by atoms with Gasteiger partial charge in [0, 0.05) is 12.0 Å². The molecule has 1 amide bonds. The van der Waals surface area contributed by atoms with Crippen LogP contribution < -0.4 is 10.6 Å². The third-order valence-corrected chi connectivity index (χ3v) is 3.58. The van der Waals surface area contributed by atoms with Crippen molar-refractivity contribution in [1.82, 2.24) is 10.6 Å². The number of nitrogens with one attached hydrogen (secondary N) is 2. The van der Waals surface area contributed by atoms with Crippen LogP contribution in [-0.4, -0.2) is 31.3 Å². The first-order valence-corrected chi connectivity index (χ1v) is 7.04. The highest BCUT2D eigenvalue weighted by Gasteiger charge is 2.30. The summed E-state index contributed by atoms with van der Waals surface area (Å²) >= 11 is 0. The maximum Gasteiger partial charge on any atom is 0.416 e. The average Bonchev–Trinajstić information content (AvgIpc) is 2.97. The first kappa shape index (κ1) is 16.5. The van der Waals surface area contributed by atoms with Crippen LogP contribution in [0.2, 0.25) is 0 Å². The van der Waals surface area contributed by atoms with Gasteiger partial charge in [-0.05, 0) is 43.6 Å². The number of amides is 1. The maximum atomic E-state index is 12.6. The number of halogens is 3. The molecule has 0 saturated carbocycles. The molecule has 0 bridgehead atoms. The fraction of sp³-hybridized carbons (Fsp3) is 0.467. The molecule has 1 aliphatic rings. The van der Waals surface area contributed by atoms with Crippen LogP contribution in [-0.2, 0) is 11.0 Å². The number of rotatable bonds is 5. The highest BCUT2D eigenvalue weighted by atomic mass is 19.4. The van der Waals surface area contributed by atoms with Gasteiger partial charge >= 0.3 is 6.18 Å². The number of alkyl halides is 3. The minimum absolute atomic E-state index is 0.106. The minimum Gasteiger partial charge on any atom is -0.345 e. The van der Waals surface area contributed by atoms with Gasteiger partial charge in [0.2, 0.25) is 0 Å². The Morgan fingerprint density at radius 3 is 2.73 bits per heavy atom. The molecule has 120 valence electrons. The molecule has 1 aromatic carbocycles. The molecule has 1 aliphatic heterocycles. The largest absolute Gasteiger partial charge is 0.416 e. The Bertz CT molecular complexity index is 552. The lowest BCUT2D eigenvalue weighted by Gasteiger charge is -2.10. The summed E-state index contributed by atoms with van der Waals surface area (Å²) in [6.07, 6.45) is -3.20. The molecular weight excluding hydrogens is 297 g/mol. The Kier molecular flexibility index (Phi) is 5.18. The third kappa shape index (κ3) is 4.56. The maximum absolute atomic E-state index is 12.6. The van der Waals surface area contributed by atoms with Gasteiger partial charge in [-0.3, -0.25) is 9.59 Å². The van der Waals surface area contributed by atoms with Crippen molar-refractivity contribution >= 4 is 11.7 Å². The molecule has 1 fully saturated rings. The zero-order valence-corrected chi connectivity index (χ0v) is 11.9. The van der Waals surface area contributed by atoms with Gasteiger partial charge in [0.05, 0.1) is 12.1 Å². The standard InChI is InChI=1S/C15H17F3N2O2/c16-15(17,18)12-3-1-2-11(7-12)14(22)20-9-13(21)6-10-4-5-19-8-10/h1-3,7,10,19H,4-6,8-9H2,(H,20,22). The van der Waals surface area contributed by atoms with Crippen molar-refractivity contribution in [3.8, 4) is 0 Å². The van der Waals surface area contributed by atoms with E-state index in [1.807, 2.05) is 0 Å². The van der Waals surface area contributed by atoms with E-state index in [4.69, 9.17) is 0 Å². The monoisotopic (exact) mass is 314 g/mol. The van der Waals surface area contributed by atoms with E-state index in [9.17, 15) is 22.8 Å². The van der Waals surface area contributed by atoms with Crippen LogP contribution in [0.25, 0.3) is 0 Å². The zero-order chi connectivity index (χ0) is 16.2. The Labute approximate surface area is 126 Å². The van der Waals surface area contributed by atoms with Gasteiger partial charge in [0.25, 0.3) is 5.91 Å². The van der Waals surface area contributed by atoms with Crippen LogP contribution in [0.3, 0.4) is 0 Å². The second-order valence-electron chi connectivity index (χ2n) is 5.36. The van der Waals surface area contributed by atoms with Gasteiger partial charge < -0.3 is 10.6 Å². The zero-order valence-electron chi connectivity index (χ0n) is 11.9. The van der Waals surface area contributed by atoms with Gasteiger partial charge in [-0.1, -0.05) is 6.07 Å². The summed E-state index contributed by atoms with van der Waals surface area (Å²) in [5.74, 6) is -0.518. The Hall–Kier alpha value is -1.89. The highest BCUT2D eigenvalue weighted by molar-refractivity contribution is 5.96. The van der Waals surface area contributed by atoms with E-state index in [1.54, 1.807) is 0 Å². The van der Waals surface area contributed by atoms with Crippen molar-refractivity contribution in [2.45, 2.75) is 19.0 Å². The van der Waals surface area contributed by atoms with Crippen molar-refractivity contribution in [1.29, 1.82) is 0 Å². The number of ketones is 1. The topological polar surface area (TPSA) is 58.2 Å². The molecule has 7 heteroatoms. The molecule has 0 radical (unpaired) electrons. The van der Waals surface area contributed by atoms with Crippen LogP contribution in [0.5, 0.6) is 0 Å². The van der Waals surface area contributed by atoms with Crippen molar-refractivity contribution in [2.24, 2.45) is 5.92 Å². The second kappa shape index (κ2) is 6.91. The van der Waals surface area contributed by atoms with E-state index in [2.05, 4.69) is 10.6 Å². The summed E-state index contributed by atoms with van der Waals surface area (Å²) in [5.41, 5.74) is -0.992. The minimum atomic E-state index is -4.50. The second-order valence-corrected chi connectivity index (χ2v) is 5.36. The Morgan fingerprint density at radius 1 is 1.32 bits per heavy atom. The van der Waals surface area contributed by atoms with Crippen LogP contribution in [0.4, 0.5) is 13.2 Å². The number of carbonyl (C=O) groups is 2. The van der Waals surface area contributed by atoms with E-state index in [1.165, 1.54) is 12.1 Å². The van der Waals surface area contributed by atoms with Crippen molar-refractivity contribution in [2.75, 3.05) is 19.6 Å². The van der Waals surface area contributed by atoms with Crippen molar-refractivity contribution < 1.29 is 22.8 Å². The molecule has 1 aromatic rings. The predicted molar refractivity (Wildman–Crippen MR) is 74.4 cm³/mol. The summed E-state index contributed by atoms with van der Waals surface area (Å²) in [7, 11) is 0. The predicted octanol–water partition coefficient (Wildman–Crippen LogP) is 2.00. The van der Waals surface area contributed by atoms with Gasteiger partial charge in [-0.15, -0.1) is 0 Å².